The number of esters is 1. The lowest BCUT2D eigenvalue weighted by molar-refractivity contribution is -0.139. The molecule has 1 saturated heterocycles. The van der Waals surface area contributed by atoms with Gasteiger partial charge in [0.05, 0.1) is 28.4 Å². The molecule has 4 aromatic carbocycles. The molecule has 0 saturated carbocycles. The van der Waals surface area contributed by atoms with Gasteiger partial charge in [0.15, 0.2) is 0 Å². The summed E-state index contributed by atoms with van der Waals surface area (Å²) in [6.07, 6.45) is 0.0647. The lowest BCUT2D eigenvalue weighted by Gasteiger charge is -2.19. The van der Waals surface area contributed by atoms with Crippen molar-refractivity contribution in [1.82, 2.24) is 0 Å². The summed E-state index contributed by atoms with van der Waals surface area (Å²) in [5, 5.41) is 1.97. The SMILES string of the molecule is O=C(Oc1ccc(N2C(=O)c3ccccc3C2=O)cc1)[C@H]1CC(=O)N(c2cccc3ccccc23)C1. The van der Waals surface area contributed by atoms with Crippen LogP contribution in [0.4, 0.5) is 11.4 Å². The van der Waals surface area contributed by atoms with Crippen molar-refractivity contribution in [2.75, 3.05) is 16.3 Å². The number of rotatable bonds is 4. The van der Waals surface area contributed by atoms with E-state index in [9.17, 15) is 19.2 Å². The van der Waals surface area contributed by atoms with Crippen LogP contribution in [0.15, 0.2) is 91.0 Å². The van der Waals surface area contributed by atoms with E-state index in [2.05, 4.69) is 0 Å². The minimum atomic E-state index is -0.604. The summed E-state index contributed by atoms with van der Waals surface area (Å²) in [5.41, 5.74) is 1.89. The quantitative estimate of drug-likeness (QED) is 0.244. The molecule has 2 heterocycles. The van der Waals surface area contributed by atoms with Crippen molar-refractivity contribution in [3.8, 4) is 5.75 Å². The number of carbonyl (C=O) groups is 4. The van der Waals surface area contributed by atoms with Gasteiger partial charge in [0.25, 0.3) is 11.8 Å². The van der Waals surface area contributed by atoms with E-state index in [-0.39, 0.29) is 24.6 Å². The van der Waals surface area contributed by atoms with Crippen molar-refractivity contribution in [1.29, 1.82) is 0 Å². The Hall–Kier alpha value is -4.78. The Morgan fingerprint density at radius 2 is 1.39 bits per heavy atom. The van der Waals surface area contributed by atoms with Crippen LogP contribution in [-0.4, -0.2) is 30.2 Å². The molecule has 36 heavy (non-hydrogen) atoms. The second-order valence-corrected chi connectivity index (χ2v) is 8.81. The number of anilines is 2. The van der Waals surface area contributed by atoms with E-state index < -0.39 is 23.7 Å². The molecule has 0 spiro atoms. The number of carbonyl (C=O) groups excluding carboxylic acids is 4. The molecule has 0 unspecified atom stereocenters. The van der Waals surface area contributed by atoms with Gasteiger partial charge in [-0.3, -0.25) is 19.2 Å². The standard InChI is InChI=1S/C29H20N2O5/c32-26-16-19(17-30(26)25-11-5-7-18-6-1-2-8-22(18)25)29(35)36-21-14-12-20(13-15-21)31-27(33)23-9-3-4-10-24(23)28(31)34/h1-15,19H,16-17H2/t19-/m0/s1. The minimum absolute atomic E-state index is 0.0647. The summed E-state index contributed by atoms with van der Waals surface area (Å²) in [5.74, 6) is -1.74. The van der Waals surface area contributed by atoms with Gasteiger partial charge in [0.1, 0.15) is 5.75 Å². The first-order valence-corrected chi connectivity index (χ1v) is 11.6. The summed E-state index contributed by atoms with van der Waals surface area (Å²) in [4.78, 5) is 53.8. The number of nitrogens with zero attached hydrogens (tertiary/aromatic N) is 2. The van der Waals surface area contributed by atoms with Gasteiger partial charge in [0.2, 0.25) is 5.91 Å². The predicted octanol–water partition coefficient (Wildman–Crippen LogP) is 4.60. The molecule has 2 aliphatic rings. The van der Waals surface area contributed by atoms with E-state index in [1.807, 2.05) is 42.5 Å². The molecular weight excluding hydrogens is 456 g/mol. The highest BCUT2D eigenvalue weighted by molar-refractivity contribution is 6.34. The van der Waals surface area contributed by atoms with E-state index in [1.165, 1.54) is 12.1 Å². The molecule has 176 valence electrons. The number of amides is 3. The van der Waals surface area contributed by atoms with Gasteiger partial charge in [-0.1, -0.05) is 48.5 Å². The topological polar surface area (TPSA) is 84.0 Å². The number of hydrogen-bond acceptors (Lipinski definition) is 5. The Morgan fingerprint density at radius 3 is 2.11 bits per heavy atom. The van der Waals surface area contributed by atoms with Crippen molar-refractivity contribution >= 4 is 45.8 Å². The number of hydrogen-bond donors (Lipinski definition) is 0. The smallest absolute Gasteiger partial charge is 0.316 e. The van der Waals surface area contributed by atoms with Gasteiger partial charge in [-0.25, -0.2) is 4.90 Å². The number of imide groups is 1. The molecule has 0 N–H and O–H groups in total. The summed E-state index contributed by atoms with van der Waals surface area (Å²) >= 11 is 0. The normalized spacial score (nSPS) is 17.1. The maximum Gasteiger partial charge on any atom is 0.316 e. The van der Waals surface area contributed by atoms with Gasteiger partial charge >= 0.3 is 5.97 Å². The van der Waals surface area contributed by atoms with Gasteiger partial charge in [-0.15, -0.1) is 0 Å². The second kappa shape index (κ2) is 8.46. The van der Waals surface area contributed by atoms with Crippen molar-refractivity contribution in [3.05, 3.63) is 102 Å². The molecule has 0 bridgehead atoms. The third-order valence-corrected chi connectivity index (χ3v) is 6.62. The van der Waals surface area contributed by atoms with Crippen molar-refractivity contribution in [3.63, 3.8) is 0 Å². The molecule has 0 aromatic heterocycles. The molecule has 0 radical (unpaired) electrons. The molecule has 2 aliphatic heterocycles. The molecule has 4 aromatic rings. The zero-order chi connectivity index (χ0) is 24.8. The van der Waals surface area contributed by atoms with Gasteiger partial charge in [-0.2, -0.15) is 0 Å². The van der Waals surface area contributed by atoms with Crippen LogP contribution in [0, 0.1) is 5.92 Å². The summed E-state index contributed by atoms with van der Waals surface area (Å²) in [7, 11) is 0. The molecule has 1 atom stereocenters. The van der Waals surface area contributed by atoms with Crippen LogP contribution in [0.3, 0.4) is 0 Å². The monoisotopic (exact) mass is 476 g/mol. The first-order chi connectivity index (χ1) is 17.5. The highest BCUT2D eigenvalue weighted by Gasteiger charge is 2.38. The first kappa shape index (κ1) is 21.7. The largest absolute Gasteiger partial charge is 0.426 e. The van der Waals surface area contributed by atoms with E-state index >= 15 is 0 Å². The zero-order valence-corrected chi connectivity index (χ0v) is 19.1. The number of ether oxygens (including phenoxy) is 1. The molecule has 7 nitrogen and oxygen atoms in total. The van der Waals surface area contributed by atoms with Crippen molar-refractivity contribution in [2.45, 2.75) is 6.42 Å². The van der Waals surface area contributed by atoms with E-state index in [1.54, 1.807) is 41.3 Å². The third-order valence-electron chi connectivity index (χ3n) is 6.62. The fraction of sp³-hybridized carbons (Fsp3) is 0.103. The van der Waals surface area contributed by atoms with Crippen LogP contribution in [0.25, 0.3) is 10.8 Å². The van der Waals surface area contributed by atoms with Gasteiger partial charge < -0.3 is 9.64 Å². The maximum absolute atomic E-state index is 12.9. The Labute approximate surface area is 206 Å². The first-order valence-electron chi connectivity index (χ1n) is 11.6. The zero-order valence-electron chi connectivity index (χ0n) is 19.1. The minimum Gasteiger partial charge on any atom is -0.426 e. The molecule has 0 aliphatic carbocycles. The van der Waals surface area contributed by atoms with Crippen molar-refractivity contribution < 1.29 is 23.9 Å². The fourth-order valence-corrected chi connectivity index (χ4v) is 4.83. The Kier molecular flexibility index (Phi) is 5.11. The molecule has 7 heteroatoms. The fourth-order valence-electron chi connectivity index (χ4n) is 4.83. The molecule has 3 amide bonds. The molecule has 6 rings (SSSR count). The van der Waals surface area contributed by atoms with E-state index in [0.717, 1.165) is 21.4 Å². The van der Waals surface area contributed by atoms with Crippen LogP contribution in [0.5, 0.6) is 5.75 Å². The maximum atomic E-state index is 12.9. The Bertz CT molecular complexity index is 1520. The average Bonchev–Trinajstić information content (AvgIpc) is 3.41. The van der Waals surface area contributed by atoms with Gasteiger partial charge in [0, 0.05) is 18.4 Å². The number of fused-ring (bicyclic) bond motifs is 2. The lowest BCUT2D eigenvalue weighted by Crippen LogP contribution is -2.29. The van der Waals surface area contributed by atoms with E-state index in [4.69, 9.17) is 4.74 Å². The van der Waals surface area contributed by atoms with Crippen LogP contribution in [0.2, 0.25) is 0 Å². The highest BCUT2D eigenvalue weighted by atomic mass is 16.5. The van der Waals surface area contributed by atoms with Crippen LogP contribution in [-0.2, 0) is 9.59 Å². The summed E-state index contributed by atoms with van der Waals surface area (Å²) in [6, 6.07) is 26.4. The highest BCUT2D eigenvalue weighted by Crippen LogP contribution is 2.33. The summed E-state index contributed by atoms with van der Waals surface area (Å²) in [6.45, 7) is 0.235. The Balaban J connectivity index is 1.16. The van der Waals surface area contributed by atoms with E-state index in [0.29, 0.717) is 16.8 Å². The lowest BCUT2D eigenvalue weighted by atomic mass is 10.1. The molecular formula is C29H20N2O5. The predicted molar refractivity (Wildman–Crippen MR) is 134 cm³/mol. The van der Waals surface area contributed by atoms with Gasteiger partial charge in [-0.05, 0) is 47.9 Å². The van der Waals surface area contributed by atoms with Crippen LogP contribution >= 0.6 is 0 Å². The third kappa shape index (κ3) is 3.53. The second-order valence-electron chi connectivity index (χ2n) is 8.81. The average molecular weight is 476 g/mol. The van der Waals surface area contributed by atoms with Crippen molar-refractivity contribution in [2.24, 2.45) is 5.92 Å². The Morgan fingerprint density at radius 1 is 0.750 bits per heavy atom. The molecule has 1 fully saturated rings. The summed E-state index contributed by atoms with van der Waals surface area (Å²) < 4.78 is 5.55. The number of benzene rings is 4. The van der Waals surface area contributed by atoms with Crippen LogP contribution in [0.1, 0.15) is 27.1 Å². The van der Waals surface area contributed by atoms with Crippen LogP contribution < -0.4 is 14.5 Å².